The van der Waals surface area contributed by atoms with Crippen LogP contribution in [0.3, 0.4) is 0 Å². The number of fused-ring (bicyclic) bond motifs is 1. The second-order valence-electron chi connectivity index (χ2n) is 9.46. The van der Waals surface area contributed by atoms with E-state index in [1.807, 2.05) is 31.2 Å². The van der Waals surface area contributed by atoms with Crippen LogP contribution >= 0.6 is 11.5 Å². The molecule has 3 heterocycles. The monoisotopic (exact) mass is 529 g/mol. The fraction of sp³-hybridized carbons (Fsp3) is 0.345. The molecule has 38 heavy (non-hydrogen) atoms. The van der Waals surface area contributed by atoms with Gasteiger partial charge in [0.2, 0.25) is 0 Å². The molecule has 2 aromatic heterocycles. The molecule has 1 amide bonds. The molecule has 0 radical (unpaired) electrons. The van der Waals surface area contributed by atoms with Crippen LogP contribution in [0.2, 0.25) is 0 Å². The molecule has 4 aromatic rings. The first-order valence-electron chi connectivity index (χ1n) is 13.0. The highest BCUT2D eigenvalue weighted by Crippen LogP contribution is 2.24. The number of benzene rings is 2. The molecule has 1 aliphatic rings. The van der Waals surface area contributed by atoms with E-state index in [9.17, 15) is 9.59 Å². The van der Waals surface area contributed by atoms with Crippen molar-refractivity contribution < 1.29 is 14.3 Å². The van der Waals surface area contributed by atoms with Crippen LogP contribution in [0.25, 0.3) is 11.0 Å². The van der Waals surface area contributed by atoms with E-state index in [0.29, 0.717) is 35.3 Å². The number of hydrogen-bond acceptors (Lipinski definition) is 8. The Hall–Kier alpha value is -3.53. The standard InChI is InChI=1S/C29H31N5O3S/c1-20-28(27(38-33-20)18-23-19-30-24-9-2-3-10-25(24)31-23)29(36)32-22-8-6-7-21(17-22)26(35)11-4-5-12-34-13-15-37-16-14-34/h2-3,6-10,17,19H,4-5,11-16,18H2,1H3,(H,32,36). The highest BCUT2D eigenvalue weighted by Gasteiger charge is 2.20. The zero-order chi connectivity index (χ0) is 26.3. The second-order valence-corrected chi connectivity index (χ2v) is 10.3. The number of carbonyl (C=O) groups is 2. The molecule has 1 saturated heterocycles. The fourth-order valence-electron chi connectivity index (χ4n) is 4.63. The Morgan fingerprint density at radius 1 is 1.05 bits per heavy atom. The Labute approximate surface area is 226 Å². The number of amides is 1. The van der Waals surface area contributed by atoms with E-state index in [-0.39, 0.29) is 11.7 Å². The molecule has 0 aliphatic carbocycles. The number of carbonyl (C=O) groups excluding carboxylic acids is 2. The minimum absolute atomic E-state index is 0.0898. The third kappa shape index (κ3) is 6.48. The molecule has 9 heteroatoms. The van der Waals surface area contributed by atoms with Crippen molar-refractivity contribution in [1.82, 2.24) is 19.2 Å². The van der Waals surface area contributed by atoms with Gasteiger partial charge in [-0.1, -0.05) is 24.3 Å². The van der Waals surface area contributed by atoms with Crippen LogP contribution < -0.4 is 5.32 Å². The van der Waals surface area contributed by atoms with Crippen molar-refractivity contribution in [3.05, 3.63) is 82.1 Å². The number of morpholine rings is 1. The lowest BCUT2D eigenvalue weighted by Crippen LogP contribution is -2.36. The molecular formula is C29H31N5O3S. The molecule has 0 saturated carbocycles. The molecule has 0 unspecified atom stereocenters. The molecule has 1 aliphatic heterocycles. The Bertz CT molecular complexity index is 1430. The first kappa shape index (κ1) is 26.1. The number of rotatable bonds is 10. The van der Waals surface area contributed by atoms with Crippen LogP contribution in [-0.4, -0.2) is 63.8 Å². The molecule has 8 nitrogen and oxygen atoms in total. The molecule has 196 valence electrons. The average molecular weight is 530 g/mol. The lowest BCUT2D eigenvalue weighted by molar-refractivity contribution is 0.0371. The van der Waals surface area contributed by atoms with Crippen LogP contribution in [0.4, 0.5) is 5.69 Å². The first-order valence-corrected chi connectivity index (χ1v) is 13.7. The number of unbranched alkanes of at least 4 members (excludes halogenated alkanes) is 1. The van der Waals surface area contributed by atoms with Crippen molar-refractivity contribution in [2.45, 2.75) is 32.6 Å². The maximum Gasteiger partial charge on any atom is 0.258 e. The largest absolute Gasteiger partial charge is 0.379 e. The van der Waals surface area contributed by atoms with Gasteiger partial charge in [-0.3, -0.25) is 19.5 Å². The van der Waals surface area contributed by atoms with Crippen molar-refractivity contribution in [2.24, 2.45) is 0 Å². The van der Waals surface area contributed by atoms with Crippen molar-refractivity contribution in [2.75, 3.05) is 38.2 Å². The zero-order valence-corrected chi connectivity index (χ0v) is 22.3. The number of aryl methyl sites for hydroxylation is 1. The predicted molar refractivity (Wildman–Crippen MR) is 149 cm³/mol. The van der Waals surface area contributed by atoms with Crippen molar-refractivity contribution in [3.63, 3.8) is 0 Å². The Balaban J connectivity index is 1.20. The first-order chi connectivity index (χ1) is 18.6. The molecule has 1 N–H and O–H groups in total. The minimum atomic E-state index is -0.241. The lowest BCUT2D eigenvalue weighted by Gasteiger charge is -2.26. The van der Waals surface area contributed by atoms with Crippen LogP contribution in [0, 0.1) is 6.92 Å². The SMILES string of the molecule is Cc1nsc(Cc2cnc3ccccc3n2)c1C(=O)Nc1cccc(C(=O)CCCCN2CCOCC2)c1. The van der Waals surface area contributed by atoms with Gasteiger partial charge in [-0.2, -0.15) is 4.37 Å². The van der Waals surface area contributed by atoms with Gasteiger partial charge in [0.15, 0.2) is 5.78 Å². The maximum atomic E-state index is 13.3. The van der Waals surface area contributed by atoms with Gasteiger partial charge in [-0.05, 0) is 62.1 Å². The van der Waals surface area contributed by atoms with Crippen molar-refractivity contribution >= 4 is 39.9 Å². The summed E-state index contributed by atoms with van der Waals surface area (Å²) in [7, 11) is 0. The van der Waals surface area contributed by atoms with Gasteiger partial charge in [0.05, 0.1) is 41.2 Å². The Morgan fingerprint density at radius 2 is 1.87 bits per heavy atom. The van der Waals surface area contributed by atoms with E-state index in [1.165, 1.54) is 11.5 Å². The predicted octanol–water partition coefficient (Wildman–Crippen LogP) is 4.92. The molecule has 1 fully saturated rings. The molecule has 5 rings (SSSR count). The number of Topliss-reactive ketones (excluding diaryl/α,β-unsaturated/α-hetero) is 1. The third-order valence-corrected chi connectivity index (χ3v) is 7.61. The summed E-state index contributed by atoms with van der Waals surface area (Å²) in [6, 6.07) is 14.9. The van der Waals surface area contributed by atoms with Crippen LogP contribution in [0.1, 0.15) is 56.2 Å². The highest BCUT2D eigenvalue weighted by atomic mass is 32.1. The Kier molecular flexibility index (Phi) is 8.47. The van der Waals surface area contributed by atoms with E-state index in [1.54, 1.807) is 30.5 Å². The minimum Gasteiger partial charge on any atom is -0.379 e. The summed E-state index contributed by atoms with van der Waals surface area (Å²) in [6.45, 7) is 6.33. The van der Waals surface area contributed by atoms with E-state index < -0.39 is 0 Å². The van der Waals surface area contributed by atoms with Crippen LogP contribution in [-0.2, 0) is 11.2 Å². The summed E-state index contributed by atoms with van der Waals surface area (Å²) in [4.78, 5) is 38.5. The van der Waals surface area contributed by atoms with Gasteiger partial charge >= 0.3 is 0 Å². The summed E-state index contributed by atoms with van der Waals surface area (Å²) in [5.74, 6) is -0.151. The molecular weight excluding hydrogens is 498 g/mol. The van der Waals surface area contributed by atoms with Gasteiger partial charge in [-0.15, -0.1) is 0 Å². The summed E-state index contributed by atoms with van der Waals surface area (Å²) in [6.07, 6.45) is 4.53. The van der Waals surface area contributed by atoms with Gasteiger partial charge in [0.25, 0.3) is 5.91 Å². The fourth-order valence-corrected chi connectivity index (χ4v) is 5.51. The van der Waals surface area contributed by atoms with E-state index in [2.05, 4.69) is 19.6 Å². The van der Waals surface area contributed by atoms with Crippen molar-refractivity contribution in [1.29, 1.82) is 0 Å². The average Bonchev–Trinajstić information content (AvgIpc) is 3.31. The summed E-state index contributed by atoms with van der Waals surface area (Å²) in [5, 5.41) is 2.97. The molecule has 0 spiro atoms. The second kappa shape index (κ2) is 12.3. The summed E-state index contributed by atoms with van der Waals surface area (Å²) >= 11 is 1.30. The van der Waals surface area contributed by atoms with Crippen molar-refractivity contribution in [3.8, 4) is 0 Å². The number of nitrogens with one attached hydrogen (secondary N) is 1. The molecule has 0 bridgehead atoms. The molecule has 0 atom stereocenters. The topological polar surface area (TPSA) is 97.3 Å². The lowest BCUT2D eigenvalue weighted by atomic mass is 10.0. The van der Waals surface area contributed by atoms with Crippen LogP contribution in [0.5, 0.6) is 0 Å². The zero-order valence-electron chi connectivity index (χ0n) is 21.5. The summed E-state index contributed by atoms with van der Waals surface area (Å²) < 4.78 is 9.81. The van der Waals surface area contributed by atoms with Gasteiger partial charge in [0.1, 0.15) is 0 Å². The Morgan fingerprint density at radius 3 is 2.71 bits per heavy atom. The number of ether oxygens (including phenoxy) is 1. The number of ketones is 1. The third-order valence-electron chi connectivity index (χ3n) is 6.67. The van der Waals surface area contributed by atoms with Gasteiger partial charge < -0.3 is 10.1 Å². The van der Waals surface area contributed by atoms with E-state index in [4.69, 9.17) is 9.72 Å². The van der Waals surface area contributed by atoms with E-state index in [0.717, 1.165) is 67.3 Å². The number of hydrogen-bond donors (Lipinski definition) is 1. The van der Waals surface area contributed by atoms with E-state index >= 15 is 0 Å². The highest BCUT2D eigenvalue weighted by molar-refractivity contribution is 7.06. The van der Waals surface area contributed by atoms with Gasteiger partial charge in [0, 0.05) is 48.3 Å². The normalized spacial score (nSPS) is 14.0. The van der Waals surface area contributed by atoms with Gasteiger partial charge in [-0.25, -0.2) is 4.98 Å². The van der Waals surface area contributed by atoms with Crippen LogP contribution in [0.15, 0.2) is 54.7 Å². The number of aromatic nitrogens is 3. The quantitative estimate of drug-likeness (QED) is 0.230. The smallest absolute Gasteiger partial charge is 0.258 e. The number of nitrogens with zero attached hydrogens (tertiary/aromatic N) is 4. The number of para-hydroxylation sites is 2. The maximum absolute atomic E-state index is 13.3. The summed E-state index contributed by atoms with van der Waals surface area (Å²) in [5.41, 5.74) is 4.86. The molecule has 2 aromatic carbocycles. The number of anilines is 1.